The molecule has 0 aliphatic carbocycles. The summed E-state index contributed by atoms with van der Waals surface area (Å²) in [6, 6.07) is 5.30. The third-order valence-electron chi connectivity index (χ3n) is 1.90. The van der Waals surface area contributed by atoms with Crippen LogP contribution in [0.4, 0.5) is 6.01 Å². The van der Waals surface area contributed by atoms with Crippen LogP contribution in [-0.2, 0) is 10.0 Å². The molecule has 17 heavy (non-hydrogen) atoms. The Morgan fingerprint density at radius 3 is 2.59 bits per heavy atom. The molecule has 0 aliphatic rings. The summed E-state index contributed by atoms with van der Waals surface area (Å²) >= 11 is 0. The molecule has 8 heteroatoms. The first-order valence-corrected chi connectivity index (χ1v) is 6.08. The van der Waals surface area contributed by atoms with E-state index in [2.05, 4.69) is 14.9 Å². The van der Waals surface area contributed by atoms with Crippen molar-refractivity contribution >= 4 is 16.0 Å². The lowest BCUT2D eigenvalue weighted by Crippen LogP contribution is -2.13. The molecule has 1 heterocycles. The molecule has 2 rings (SSSR count). The van der Waals surface area contributed by atoms with Crippen molar-refractivity contribution in [2.45, 2.75) is 11.8 Å². The number of aromatic nitrogens is 2. The second-order valence-electron chi connectivity index (χ2n) is 3.20. The van der Waals surface area contributed by atoms with E-state index < -0.39 is 10.0 Å². The number of rotatable bonds is 3. The number of para-hydroxylation sites is 1. The van der Waals surface area contributed by atoms with Gasteiger partial charge in [0.2, 0.25) is 5.89 Å². The predicted molar refractivity (Wildman–Crippen MR) is 58.0 cm³/mol. The van der Waals surface area contributed by atoms with Gasteiger partial charge in [0, 0.05) is 6.92 Å². The topological polar surface area (TPSA) is 105 Å². The summed E-state index contributed by atoms with van der Waals surface area (Å²) in [6.07, 6.45) is 0. The molecule has 1 aromatic carbocycles. The number of aromatic hydroxyl groups is 1. The number of phenols is 1. The summed E-state index contributed by atoms with van der Waals surface area (Å²) in [7, 11) is -3.93. The maximum Gasteiger partial charge on any atom is 0.329 e. The molecule has 90 valence electrons. The van der Waals surface area contributed by atoms with E-state index in [9.17, 15) is 13.5 Å². The molecule has 0 radical (unpaired) electrons. The number of anilines is 1. The minimum absolute atomic E-state index is 0.236. The molecule has 2 aromatic rings. The first-order valence-electron chi connectivity index (χ1n) is 4.60. The average Bonchev–Trinajstić information content (AvgIpc) is 2.63. The van der Waals surface area contributed by atoms with Crippen LogP contribution < -0.4 is 4.72 Å². The van der Waals surface area contributed by atoms with Crippen molar-refractivity contribution in [2.75, 3.05) is 4.72 Å². The molecule has 0 saturated heterocycles. The van der Waals surface area contributed by atoms with E-state index in [1.807, 2.05) is 0 Å². The van der Waals surface area contributed by atoms with Gasteiger partial charge in [0.15, 0.2) is 0 Å². The van der Waals surface area contributed by atoms with Crippen LogP contribution in [0.25, 0.3) is 0 Å². The SMILES string of the molecule is Cc1nnc(NS(=O)(=O)c2ccccc2O)o1. The van der Waals surface area contributed by atoms with Crippen molar-refractivity contribution in [3.63, 3.8) is 0 Å². The number of nitrogens with one attached hydrogen (secondary N) is 1. The first-order chi connectivity index (χ1) is 7.99. The van der Waals surface area contributed by atoms with Crippen LogP contribution in [0.15, 0.2) is 33.6 Å². The molecule has 0 fully saturated rings. The Morgan fingerprint density at radius 2 is 2.00 bits per heavy atom. The Kier molecular flexibility index (Phi) is 2.72. The van der Waals surface area contributed by atoms with Gasteiger partial charge < -0.3 is 9.52 Å². The number of nitrogens with zero attached hydrogens (tertiary/aromatic N) is 2. The molecule has 0 amide bonds. The van der Waals surface area contributed by atoms with Crippen molar-refractivity contribution in [2.24, 2.45) is 0 Å². The predicted octanol–water partition coefficient (Wildman–Crippen LogP) is 0.884. The Balaban J connectivity index is 2.35. The van der Waals surface area contributed by atoms with E-state index in [1.165, 1.54) is 31.2 Å². The third kappa shape index (κ3) is 2.36. The highest BCUT2D eigenvalue weighted by Crippen LogP contribution is 2.23. The molecule has 0 unspecified atom stereocenters. The number of phenolic OH excluding ortho intramolecular Hbond substituents is 1. The standard InChI is InChI=1S/C9H9N3O4S/c1-6-10-11-9(16-6)12-17(14,15)8-5-3-2-4-7(8)13/h2-5,13H,1H3,(H,11,12). The molecule has 0 aliphatic heterocycles. The molecule has 1 aromatic heterocycles. The highest BCUT2D eigenvalue weighted by molar-refractivity contribution is 7.92. The van der Waals surface area contributed by atoms with Crippen molar-refractivity contribution in [1.29, 1.82) is 0 Å². The largest absolute Gasteiger partial charge is 0.507 e. The maximum atomic E-state index is 11.8. The fraction of sp³-hybridized carbons (Fsp3) is 0.111. The number of sulfonamides is 1. The zero-order valence-electron chi connectivity index (χ0n) is 8.78. The van der Waals surface area contributed by atoms with E-state index in [0.29, 0.717) is 0 Å². The van der Waals surface area contributed by atoms with Gasteiger partial charge in [-0.05, 0) is 12.1 Å². The van der Waals surface area contributed by atoms with Gasteiger partial charge in [0.25, 0.3) is 10.0 Å². The van der Waals surface area contributed by atoms with Gasteiger partial charge in [0.05, 0.1) is 0 Å². The maximum absolute atomic E-state index is 11.8. The third-order valence-corrected chi connectivity index (χ3v) is 3.27. The molecule has 7 nitrogen and oxygen atoms in total. The van der Waals surface area contributed by atoms with Gasteiger partial charge in [0.1, 0.15) is 10.6 Å². The Morgan fingerprint density at radius 1 is 1.29 bits per heavy atom. The summed E-state index contributed by atoms with van der Waals surface area (Å²) in [6.45, 7) is 1.53. The van der Waals surface area contributed by atoms with Crippen molar-refractivity contribution < 1.29 is 17.9 Å². The van der Waals surface area contributed by atoms with Gasteiger partial charge in [-0.25, -0.2) is 13.1 Å². The fourth-order valence-corrected chi connectivity index (χ4v) is 2.22. The highest BCUT2D eigenvalue weighted by atomic mass is 32.2. The quantitative estimate of drug-likeness (QED) is 0.843. The molecule has 0 spiro atoms. The summed E-state index contributed by atoms with van der Waals surface area (Å²) < 4.78 is 30.6. The molecule has 0 saturated carbocycles. The van der Waals surface area contributed by atoms with E-state index in [0.717, 1.165) is 0 Å². The van der Waals surface area contributed by atoms with Crippen molar-refractivity contribution in [3.05, 3.63) is 30.2 Å². The minimum atomic E-state index is -3.93. The molecule has 2 N–H and O–H groups in total. The van der Waals surface area contributed by atoms with Crippen LogP contribution in [0.1, 0.15) is 5.89 Å². The van der Waals surface area contributed by atoms with Crippen molar-refractivity contribution in [3.8, 4) is 5.75 Å². The number of hydrogen-bond acceptors (Lipinski definition) is 6. The minimum Gasteiger partial charge on any atom is -0.507 e. The normalized spacial score (nSPS) is 11.4. The van der Waals surface area contributed by atoms with Gasteiger partial charge in [-0.3, -0.25) is 0 Å². The molecule has 0 bridgehead atoms. The molecular weight excluding hydrogens is 246 g/mol. The lowest BCUT2D eigenvalue weighted by Gasteiger charge is -2.05. The van der Waals surface area contributed by atoms with Crippen LogP contribution in [0.5, 0.6) is 5.75 Å². The number of aryl methyl sites for hydroxylation is 1. The average molecular weight is 255 g/mol. The van der Waals surface area contributed by atoms with Crippen LogP contribution in [-0.4, -0.2) is 23.7 Å². The second-order valence-corrected chi connectivity index (χ2v) is 4.85. The molecular formula is C9H9N3O4S. The van der Waals surface area contributed by atoms with Gasteiger partial charge in [-0.1, -0.05) is 17.2 Å². The van der Waals surface area contributed by atoms with E-state index in [-0.39, 0.29) is 22.6 Å². The van der Waals surface area contributed by atoms with E-state index >= 15 is 0 Å². The summed E-state index contributed by atoms with van der Waals surface area (Å²) in [5.41, 5.74) is 0. The first kappa shape index (κ1) is 11.4. The molecule has 0 atom stereocenters. The van der Waals surface area contributed by atoms with Crippen LogP contribution in [0.3, 0.4) is 0 Å². The van der Waals surface area contributed by atoms with Crippen LogP contribution in [0, 0.1) is 6.92 Å². The monoisotopic (exact) mass is 255 g/mol. The lowest BCUT2D eigenvalue weighted by atomic mass is 10.3. The number of benzene rings is 1. The zero-order valence-corrected chi connectivity index (χ0v) is 9.60. The smallest absolute Gasteiger partial charge is 0.329 e. The Bertz CT molecular complexity index is 635. The Hall–Kier alpha value is -2.09. The van der Waals surface area contributed by atoms with Crippen LogP contribution in [0.2, 0.25) is 0 Å². The van der Waals surface area contributed by atoms with Gasteiger partial charge >= 0.3 is 6.01 Å². The lowest BCUT2D eigenvalue weighted by molar-refractivity contribution is 0.459. The van der Waals surface area contributed by atoms with Crippen LogP contribution >= 0.6 is 0 Å². The number of hydrogen-bond donors (Lipinski definition) is 2. The van der Waals surface area contributed by atoms with E-state index in [1.54, 1.807) is 0 Å². The summed E-state index contributed by atoms with van der Waals surface area (Å²) in [5.74, 6) is -0.115. The highest BCUT2D eigenvalue weighted by Gasteiger charge is 2.20. The fourth-order valence-electron chi connectivity index (χ4n) is 1.19. The van der Waals surface area contributed by atoms with Gasteiger partial charge in [-0.2, -0.15) is 0 Å². The van der Waals surface area contributed by atoms with E-state index in [4.69, 9.17) is 4.42 Å². The van der Waals surface area contributed by atoms with Gasteiger partial charge in [-0.15, -0.1) is 5.10 Å². The Labute approximate surface area is 97.2 Å². The zero-order chi connectivity index (χ0) is 12.5. The summed E-state index contributed by atoms with van der Waals surface area (Å²) in [4.78, 5) is -0.254. The van der Waals surface area contributed by atoms with Crippen molar-refractivity contribution in [1.82, 2.24) is 10.2 Å². The second kappa shape index (κ2) is 4.06. The summed E-state index contributed by atoms with van der Waals surface area (Å²) in [5, 5.41) is 16.4.